The van der Waals surface area contributed by atoms with Gasteiger partial charge in [-0.2, -0.15) is 10.1 Å². The third-order valence-electron chi connectivity index (χ3n) is 8.31. The fourth-order valence-corrected chi connectivity index (χ4v) is 5.55. The average molecular weight is 612 g/mol. The number of methoxy groups -OCH3 is 1. The Labute approximate surface area is 258 Å². The van der Waals surface area contributed by atoms with E-state index >= 15 is 0 Å². The molecule has 0 radical (unpaired) electrons. The normalized spacial score (nSPS) is 15.7. The van der Waals surface area contributed by atoms with Crippen molar-refractivity contribution in [2.24, 2.45) is 0 Å². The summed E-state index contributed by atoms with van der Waals surface area (Å²) >= 11 is 0. The highest BCUT2D eigenvalue weighted by Gasteiger charge is 2.36. The zero-order valence-corrected chi connectivity index (χ0v) is 25.0. The molecule has 0 bridgehead atoms. The minimum Gasteiger partial charge on any atom is -0.453 e. The van der Waals surface area contributed by atoms with E-state index in [1.54, 1.807) is 15.5 Å². The lowest BCUT2D eigenvalue weighted by atomic mass is 10.0. The van der Waals surface area contributed by atoms with Crippen LogP contribution in [-0.2, 0) is 16.0 Å². The molecule has 14 nitrogen and oxygen atoms in total. The molecule has 2 saturated heterocycles. The number of pyridine rings is 1. The van der Waals surface area contributed by atoms with Gasteiger partial charge in [0.1, 0.15) is 11.3 Å². The number of nitrogens with zero attached hydrogens (tertiary/aromatic N) is 8. The number of nitrogens with one attached hydrogen (secondary N) is 1. The second kappa shape index (κ2) is 12.1. The summed E-state index contributed by atoms with van der Waals surface area (Å²) in [6, 6.07) is 9.50. The van der Waals surface area contributed by atoms with E-state index in [4.69, 9.17) is 14.0 Å². The van der Waals surface area contributed by atoms with Gasteiger partial charge >= 0.3 is 6.09 Å². The standard InChI is InChI=1S/C31H33N9O5/c1-20-3-4-22(28-35-30(45-36-28)24-17-38(18-24)31(42)43-2)13-25(20)34-29(41)26-16-32-27-14-21(5-6-40(26)27)23-15-33-39(19-23)8-7-37-9-11-44-12-10-37/h3-6,13-16,19,24H,7-12,17-18H2,1-2H3,(H,34,41). The molecular weight excluding hydrogens is 578 g/mol. The summed E-state index contributed by atoms with van der Waals surface area (Å²) in [6.07, 6.45) is 6.94. The number of aryl methyl sites for hydroxylation is 1. The molecule has 0 unspecified atom stereocenters. The second-order valence-corrected chi connectivity index (χ2v) is 11.2. The van der Waals surface area contributed by atoms with Gasteiger partial charge < -0.3 is 24.2 Å². The van der Waals surface area contributed by atoms with Crippen LogP contribution in [0.1, 0.15) is 27.9 Å². The lowest BCUT2D eigenvalue weighted by Crippen LogP contribution is -2.48. The molecule has 0 saturated carbocycles. The first-order valence-electron chi connectivity index (χ1n) is 14.8. The van der Waals surface area contributed by atoms with Gasteiger partial charge in [0.25, 0.3) is 5.91 Å². The van der Waals surface area contributed by atoms with Crippen molar-refractivity contribution in [1.82, 2.24) is 39.1 Å². The molecule has 5 aromatic rings. The average Bonchev–Trinajstić information content (AvgIpc) is 3.81. The molecule has 6 heterocycles. The monoisotopic (exact) mass is 611 g/mol. The maximum Gasteiger partial charge on any atom is 0.409 e. The number of rotatable bonds is 8. The van der Waals surface area contributed by atoms with Gasteiger partial charge in [-0.15, -0.1) is 0 Å². The molecule has 0 spiro atoms. The summed E-state index contributed by atoms with van der Waals surface area (Å²) in [5.74, 6) is 0.533. The fourth-order valence-electron chi connectivity index (χ4n) is 5.55. The van der Waals surface area contributed by atoms with Crippen molar-refractivity contribution in [3.63, 3.8) is 0 Å². The van der Waals surface area contributed by atoms with Crippen molar-refractivity contribution in [1.29, 1.82) is 0 Å². The maximum atomic E-state index is 13.4. The van der Waals surface area contributed by atoms with E-state index in [2.05, 4.69) is 30.4 Å². The van der Waals surface area contributed by atoms with Gasteiger partial charge in [0.15, 0.2) is 0 Å². The van der Waals surface area contributed by atoms with Gasteiger partial charge in [-0.3, -0.25) is 18.8 Å². The first-order chi connectivity index (χ1) is 21.9. The van der Waals surface area contributed by atoms with Crippen LogP contribution in [0.2, 0.25) is 0 Å². The summed E-state index contributed by atoms with van der Waals surface area (Å²) in [4.78, 5) is 38.0. The summed E-state index contributed by atoms with van der Waals surface area (Å²) in [5, 5.41) is 11.7. The molecule has 2 fully saturated rings. The largest absolute Gasteiger partial charge is 0.453 e. The molecule has 7 rings (SSSR count). The number of hydrogen-bond acceptors (Lipinski definition) is 10. The highest BCUT2D eigenvalue weighted by molar-refractivity contribution is 6.04. The quantitative estimate of drug-likeness (QED) is 0.277. The molecule has 4 aromatic heterocycles. The zero-order chi connectivity index (χ0) is 30.9. The SMILES string of the molecule is COC(=O)N1CC(c2nc(-c3ccc(C)c(NC(=O)c4cnc5cc(-c6cnn(CCN7CCOCC7)c6)ccn45)c3)no2)C1. The number of fused-ring (bicyclic) bond motifs is 1. The van der Waals surface area contributed by atoms with Gasteiger partial charge in [0, 0.05) is 61.9 Å². The molecule has 2 aliphatic rings. The van der Waals surface area contributed by atoms with E-state index in [9.17, 15) is 9.59 Å². The molecule has 1 N–H and O–H groups in total. The smallest absolute Gasteiger partial charge is 0.409 e. The lowest BCUT2D eigenvalue weighted by molar-refractivity contribution is 0.0360. The predicted octanol–water partition coefficient (Wildman–Crippen LogP) is 3.31. The van der Waals surface area contributed by atoms with Crippen LogP contribution in [0, 0.1) is 6.92 Å². The van der Waals surface area contributed by atoms with Crippen molar-refractivity contribution in [2.45, 2.75) is 19.4 Å². The van der Waals surface area contributed by atoms with Crippen LogP contribution in [-0.4, -0.2) is 104 Å². The first-order valence-corrected chi connectivity index (χ1v) is 14.8. The van der Waals surface area contributed by atoms with Crippen LogP contribution in [0.4, 0.5) is 10.5 Å². The number of ether oxygens (including phenoxy) is 2. The van der Waals surface area contributed by atoms with Gasteiger partial charge in [0.05, 0.1) is 45.2 Å². The Morgan fingerprint density at radius 3 is 2.71 bits per heavy atom. The minimum atomic E-state index is -0.376. The van der Waals surface area contributed by atoms with Crippen LogP contribution < -0.4 is 5.32 Å². The second-order valence-electron chi connectivity index (χ2n) is 11.2. The van der Waals surface area contributed by atoms with Crippen LogP contribution in [0.5, 0.6) is 0 Å². The number of hydrogen-bond donors (Lipinski definition) is 1. The van der Waals surface area contributed by atoms with Crippen molar-refractivity contribution >= 4 is 23.3 Å². The number of aromatic nitrogens is 6. The molecule has 232 valence electrons. The lowest BCUT2D eigenvalue weighted by Gasteiger charge is -2.35. The molecule has 1 aromatic carbocycles. The van der Waals surface area contributed by atoms with E-state index in [0.717, 1.165) is 56.1 Å². The van der Waals surface area contributed by atoms with Gasteiger partial charge in [0.2, 0.25) is 11.7 Å². The summed E-state index contributed by atoms with van der Waals surface area (Å²) in [7, 11) is 1.35. The van der Waals surface area contributed by atoms with E-state index in [1.165, 1.54) is 7.11 Å². The van der Waals surface area contributed by atoms with Gasteiger partial charge in [-0.1, -0.05) is 17.3 Å². The molecule has 2 aliphatic heterocycles. The summed E-state index contributed by atoms with van der Waals surface area (Å²) < 4.78 is 19.4. The van der Waals surface area contributed by atoms with Crippen molar-refractivity contribution < 1.29 is 23.6 Å². The van der Waals surface area contributed by atoms with Gasteiger partial charge in [-0.05, 0) is 36.2 Å². The maximum absolute atomic E-state index is 13.4. The van der Waals surface area contributed by atoms with Crippen LogP contribution in [0.15, 0.2) is 59.6 Å². The summed E-state index contributed by atoms with van der Waals surface area (Å²) in [5.41, 5.74) is 5.23. The third kappa shape index (κ3) is 5.89. The van der Waals surface area contributed by atoms with E-state index < -0.39 is 0 Å². The minimum absolute atomic E-state index is 0.0397. The van der Waals surface area contributed by atoms with Crippen molar-refractivity contribution in [3.05, 3.63) is 72.3 Å². The van der Waals surface area contributed by atoms with Crippen molar-refractivity contribution in [2.75, 3.05) is 58.4 Å². The fraction of sp³-hybridized carbons (Fsp3) is 0.355. The van der Waals surface area contributed by atoms with E-state index in [0.29, 0.717) is 47.4 Å². The van der Waals surface area contributed by atoms with E-state index in [1.807, 2.05) is 60.5 Å². The van der Waals surface area contributed by atoms with Crippen LogP contribution in [0.3, 0.4) is 0 Å². The van der Waals surface area contributed by atoms with Gasteiger partial charge in [-0.25, -0.2) is 9.78 Å². The Morgan fingerprint density at radius 1 is 1.04 bits per heavy atom. The number of carbonyl (C=O) groups is 2. The molecule has 0 atom stereocenters. The highest BCUT2D eigenvalue weighted by atomic mass is 16.5. The predicted molar refractivity (Wildman–Crippen MR) is 163 cm³/mol. The number of likely N-dealkylation sites (tertiary alicyclic amines) is 1. The number of benzene rings is 1. The Bertz CT molecular complexity index is 1850. The van der Waals surface area contributed by atoms with E-state index in [-0.39, 0.29) is 17.9 Å². The Morgan fingerprint density at radius 2 is 1.89 bits per heavy atom. The third-order valence-corrected chi connectivity index (χ3v) is 8.31. The molecular formula is C31H33N9O5. The Kier molecular flexibility index (Phi) is 7.73. The number of carbonyl (C=O) groups excluding carboxylic acids is 2. The van der Waals surface area contributed by atoms with Crippen LogP contribution in [0.25, 0.3) is 28.2 Å². The number of imidazole rings is 1. The Balaban J connectivity index is 1.02. The number of anilines is 1. The molecule has 2 amide bonds. The highest BCUT2D eigenvalue weighted by Crippen LogP contribution is 2.30. The topological polar surface area (TPSA) is 145 Å². The first kappa shape index (κ1) is 28.7. The molecule has 14 heteroatoms. The van der Waals surface area contributed by atoms with Crippen LogP contribution >= 0.6 is 0 Å². The zero-order valence-electron chi connectivity index (χ0n) is 25.0. The number of morpholine rings is 1. The Hall–Kier alpha value is -5.08. The molecule has 0 aliphatic carbocycles. The number of amides is 2. The molecule has 45 heavy (non-hydrogen) atoms. The summed E-state index contributed by atoms with van der Waals surface area (Å²) in [6.45, 7) is 8.04. The van der Waals surface area contributed by atoms with Crippen molar-refractivity contribution in [3.8, 4) is 22.5 Å².